The summed E-state index contributed by atoms with van der Waals surface area (Å²) in [6.07, 6.45) is 0. The highest BCUT2D eigenvalue weighted by molar-refractivity contribution is 7.86. The maximum Gasteiger partial charge on any atom is 0.339 e. The van der Waals surface area contributed by atoms with Gasteiger partial charge in [0.15, 0.2) is 17.2 Å². The van der Waals surface area contributed by atoms with Crippen molar-refractivity contribution in [1.29, 1.82) is 0 Å². The lowest BCUT2D eigenvalue weighted by Gasteiger charge is -2.16. The number of aromatic carboxylic acids is 3. The van der Waals surface area contributed by atoms with Crippen LogP contribution in [0.3, 0.4) is 0 Å². The summed E-state index contributed by atoms with van der Waals surface area (Å²) in [6.45, 7) is 0. The minimum Gasteiger partial charge on any atom is -0.506 e. The Labute approximate surface area is 268 Å². The van der Waals surface area contributed by atoms with E-state index >= 15 is 0 Å². The Morgan fingerprint density at radius 3 is 0.729 bits per heavy atom. The van der Waals surface area contributed by atoms with Crippen LogP contribution < -0.4 is 0 Å². The highest BCUT2D eigenvalue weighted by Gasteiger charge is 2.28. The van der Waals surface area contributed by atoms with Crippen molar-refractivity contribution >= 4 is 48.3 Å². The molecule has 9 N–H and O–H groups in total. The Hall–Kier alpha value is -5.58. The lowest BCUT2D eigenvalue weighted by molar-refractivity contribution is 0.0681. The van der Waals surface area contributed by atoms with Crippen LogP contribution in [0.15, 0.2) is 69.3 Å². The summed E-state index contributed by atoms with van der Waals surface area (Å²) >= 11 is 0. The average Bonchev–Trinajstić information content (AvgIpc) is 2.94. The van der Waals surface area contributed by atoms with Crippen LogP contribution in [-0.2, 0) is 30.4 Å². The van der Waals surface area contributed by atoms with Gasteiger partial charge in [-0.15, -0.1) is 0 Å². The van der Waals surface area contributed by atoms with Crippen molar-refractivity contribution in [2.24, 2.45) is 0 Å². The molecule has 48 heavy (non-hydrogen) atoms. The van der Waals surface area contributed by atoms with Crippen LogP contribution in [0.4, 0.5) is 0 Å². The first-order valence-corrected chi connectivity index (χ1v) is 16.6. The SMILES string of the molecule is O=C(O)c1cc(-c2cc(-c3cc(C(=O)O)c(O)c(S(=O)(=O)O)c3)cc(-c3cc(C(=O)O)c(O)c(S(=O)(=O)O)c3)c2)cc(S(=O)(=O)O)c1O. The standard InChI is InChI=1S/C27H18O18S3/c28-22-16(25(31)32)4-13(7-19(22)46(37,38)39)10-1-11(14-5-17(26(33)34)23(29)20(8-14)47(40,41)42)3-12(2-10)15-6-18(27(35)36)24(30)21(9-15)48(43,44)45/h1-9,28-30H,(H,31,32)(H,33,34)(H,35,36)(H,37,38,39)(H,40,41,42)(H,43,44,45). The quantitative estimate of drug-likeness (QED) is 0.112. The van der Waals surface area contributed by atoms with Gasteiger partial charge in [-0.05, 0) is 88.0 Å². The Bertz CT molecular complexity index is 2150. The van der Waals surface area contributed by atoms with Gasteiger partial charge in [0, 0.05) is 0 Å². The molecule has 0 aliphatic rings. The van der Waals surface area contributed by atoms with Gasteiger partial charge in [0.05, 0.1) is 0 Å². The smallest absolute Gasteiger partial charge is 0.339 e. The van der Waals surface area contributed by atoms with Crippen LogP contribution in [0.2, 0.25) is 0 Å². The van der Waals surface area contributed by atoms with Crippen LogP contribution in [0.5, 0.6) is 17.2 Å². The predicted molar refractivity (Wildman–Crippen MR) is 158 cm³/mol. The number of phenols is 3. The summed E-state index contributed by atoms with van der Waals surface area (Å²) in [5.74, 6) is -9.80. The first-order valence-electron chi connectivity index (χ1n) is 12.3. The lowest BCUT2D eigenvalue weighted by Crippen LogP contribution is -2.06. The second-order valence-electron chi connectivity index (χ2n) is 9.75. The number of rotatable bonds is 9. The van der Waals surface area contributed by atoms with Crippen molar-refractivity contribution in [3.05, 3.63) is 71.3 Å². The van der Waals surface area contributed by atoms with Gasteiger partial charge in [0.25, 0.3) is 30.4 Å². The molecular formula is C27H18O18S3. The molecule has 0 spiro atoms. The van der Waals surface area contributed by atoms with E-state index in [0.29, 0.717) is 36.4 Å². The van der Waals surface area contributed by atoms with Crippen LogP contribution in [0.1, 0.15) is 31.1 Å². The number of aromatic hydroxyl groups is 3. The fourth-order valence-corrected chi connectivity index (χ4v) is 6.42. The van der Waals surface area contributed by atoms with Gasteiger partial charge in [-0.1, -0.05) is 0 Å². The van der Waals surface area contributed by atoms with E-state index in [1.54, 1.807) is 0 Å². The van der Waals surface area contributed by atoms with Crippen molar-refractivity contribution in [1.82, 2.24) is 0 Å². The highest BCUT2D eigenvalue weighted by atomic mass is 32.2. The van der Waals surface area contributed by atoms with Gasteiger partial charge in [0.1, 0.15) is 31.4 Å². The molecule has 21 heteroatoms. The molecule has 0 amide bonds. The number of benzene rings is 4. The normalized spacial score (nSPS) is 12.1. The van der Waals surface area contributed by atoms with Crippen molar-refractivity contribution in [3.63, 3.8) is 0 Å². The molecule has 0 aliphatic carbocycles. The van der Waals surface area contributed by atoms with Gasteiger partial charge in [-0.2, -0.15) is 25.3 Å². The van der Waals surface area contributed by atoms with E-state index in [2.05, 4.69) is 0 Å². The summed E-state index contributed by atoms with van der Waals surface area (Å²) in [6, 6.07) is 6.99. The van der Waals surface area contributed by atoms with Crippen molar-refractivity contribution in [2.45, 2.75) is 14.7 Å². The highest BCUT2D eigenvalue weighted by Crippen LogP contribution is 2.41. The van der Waals surface area contributed by atoms with E-state index in [1.807, 2.05) is 0 Å². The third kappa shape index (κ3) is 6.76. The fraction of sp³-hybridized carbons (Fsp3) is 0. The molecule has 0 aliphatic heterocycles. The number of hydrogen-bond donors (Lipinski definition) is 9. The predicted octanol–water partition coefficient (Wildman–Crippen LogP) is 2.64. The molecule has 0 unspecified atom stereocenters. The number of carbonyl (C=O) groups is 3. The maximum absolute atomic E-state index is 12.0. The first kappa shape index (κ1) is 35.3. The summed E-state index contributed by atoms with van der Waals surface area (Å²) in [5.41, 5.74) is -5.38. The Kier molecular flexibility index (Phi) is 8.74. The minimum absolute atomic E-state index is 0.299. The third-order valence-electron chi connectivity index (χ3n) is 6.68. The molecule has 0 aromatic heterocycles. The van der Waals surface area contributed by atoms with E-state index in [1.165, 1.54) is 0 Å². The lowest BCUT2D eigenvalue weighted by atomic mass is 9.91. The van der Waals surface area contributed by atoms with Crippen LogP contribution in [0.25, 0.3) is 33.4 Å². The fourth-order valence-electron chi connectivity index (χ4n) is 4.53. The molecule has 0 fully saturated rings. The number of carboxylic acid groups (broad SMARTS) is 3. The Balaban J connectivity index is 2.23. The second kappa shape index (κ2) is 11.9. The molecule has 0 heterocycles. The molecule has 0 bridgehead atoms. The van der Waals surface area contributed by atoms with E-state index < -0.39 is 114 Å². The zero-order valence-electron chi connectivity index (χ0n) is 23.1. The van der Waals surface area contributed by atoms with Gasteiger partial charge < -0.3 is 30.6 Å². The molecule has 0 saturated heterocycles. The van der Waals surface area contributed by atoms with Crippen molar-refractivity contribution < 1.29 is 83.9 Å². The summed E-state index contributed by atoms with van der Waals surface area (Å²) < 4.78 is 101. The van der Waals surface area contributed by atoms with Crippen molar-refractivity contribution in [3.8, 4) is 50.6 Å². The van der Waals surface area contributed by atoms with Gasteiger partial charge >= 0.3 is 17.9 Å². The molecule has 4 aromatic rings. The van der Waals surface area contributed by atoms with E-state index in [4.69, 9.17) is 0 Å². The maximum atomic E-state index is 12.0. The average molecular weight is 727 g/mol. The minimum atomic E-state index is -5.32. The van der Waals surface area contributed by atoms with Crippen LogP contribution >= 0.6 is 0 Å². The third-order valence-corrected chi connectivity index (χ3v) is 9.28. The first-order chi connectivity index (χ1) is 21.9. The van der Waals surface area contributed by atoms with Crippen LogP contribution in [0, 0.1) is 0 Å². The molecule has 18 nitrogen and oxygen atoms in total. The topological polar surface area (TPSA) is 336 Å². The molecular weight excluding hydrogens is 708 g/mol. The van der Waals surface area contributed by atoms with Gasteiger partial charge in [-0.3, -0.25) is 13.7 Å². The summed E-state index contributed by atoms with van der Waals surface area (Å²) in [4.78, 5) is 31.6. The summed E-state index contributed by atoms with van der Waals surface area (Å²) in [7, 11) is -16.0. The Morgan fingerprint density at radius 2 is 0.562 bits per heavy atom. The summed E-state index contributed by atoms with van der Waals surface area (Å²) in [5, 5.41) is 59.4. The largest absolute Gasteiger partial charge is 0.506 e. The Morgan fingerprint density at radius 1 is 0.375 bits per heavy atom. The number of hydrogen-bond acceptors (Lipinski definition) is 12. The van der Waals surface area contributed by atoms with Crippen molar-refractivity contribution in [2.75, 3.05) is 0 Å². The van der Waals surface area contributed by atoms with Gasteiger partial charge in [-0.25, -0.2) is 14.4 Å². The van der Waals surface area contributed by atoms with E-state index in [9.17, 15) is 83.9 Å². The molecule has 0 atom stereocenters. The molecule has 0 saturated carbocycles. The van der Waals surface area contributed by atoms with E-state index in [0.717, 1.165) is 18.2 Å². The second-order valence-corrected chi connectivity index (χ2v) is 13.9. The van der Waals surface area contributed by atoms with E-state index in [-0.39, 0.29) is 16.7 Å². The zero-order chi connectivity index (χ0) is 36.3. The molecule has 252 valence electrons. The van der Waals surface area contributed by atoms with Gasteiger partial charge in [0.2, 0.25) is 0 Å². The molecule has 4 rings (SSSR count). The zero-order valence-corrected chi connectivity index (χ0v) is 25.6. The molecule has 0 radical (unpaired) electrons. The monoisotopic (exact) mass is 726 g/mol. The van der Waals surface area contributed by atoms with Crippen LogP contribution in [-0.4, -0.2) is 87.5 Å². The number of carboxylic acids is 3. The molecule has 4 aromatic carbocycles.